The van der Waals surface area contributed by atoms with Gasteiger partial charge in [-0.1, -0.05) is 0 Å². The molecule has 0 aromatic rings. The minimum atomic E-state index is -4.64. The summed E-state index contributed by atoms with van der Waals surface area (Å²) in [7, 11) is -4.64. The van der Waals surface area contributed by atoms with Crippen LogP contribution < -0.4 is 29.6 Å². The van der Waals surface area contributed by atoms with Gasteiger partial charge in [0.25, 0.3) is 0 Å². The van der Waals surface area contributed by atoms with Gasteiger partial charge in [0, 0.05) is 22.4 Å². The third-order valence-electron chi connectivity index (χ3n) is 0. The fraction of sp³-hybridized carbons (Fsp3) is 0. The molecule has 8 heteroatoms. The van der Waals surface area contributed by atoms with Crippen molar-refractivity contribution in [3.05, 3.63) is 0 Å². The molecule has 0 unspecified atom stereocenters. The molecule has 0 aromatic carbocycles. The van der Waals surface area contributed by atoms with E-state index in [1.165, 1.54) is 0 Å². The second kappa shape index (κ2) is 8.81. The van der Waals surface area contributed by atoms with Crippen molar-refractivity contribution < 1.29 is 78.1 Å². The molecule has 0 aromatic heterocycles. The van der Waals surface area contributed by atoms with E-state index < -0.39 is 7.82 Å². The minimum Gasteiger partial charge on any atom is -1.00 e. The van der Waals surface area contributed by atoms with Crippen molar-refractivity contribution in [2.24, 2.45) is 0 Å². The van der Waals surface area contributed by atoms with Gasteiger partial charge in [0.2, 0.25) is 0 Å². The van der Waals surface area contributed by atoms with Crippen LogP contribution in [0, 0.1) is 0 Å². The average molecular weight is 248 g/mol. The Balaban J connectivity index is -0.0000000133. The van der Waals surface area contributed by atoms with Crippen LogP contribution in [-0.4, -0.2) is 20.2 Å². The smallest absolute Gasteiger partial charge is 1.00 e. The Kier molecular flexibility index (Phi) is 24.8. The summed E-state index contributed by atoms with van der Waals surface area (Å²) >= 11 is 0. The Hall–Kier alpha value is 1.81. The summed E-state index contributed by atoms with van der Waals surface area (Å²) in [6.45, 7) is 0. The van der Waals surface area contributed by atoms with Gasteiger partial charge in [0.05, 0.1) is 0 Å². The normalized spacial score (nSPS) is 7.38. The van der Waals surface area contributed by atoms with E-state index in [2.05, 4.69) is 0 Å². The molecule has 5 N–H and O–H groups in total. The van der Waals surface area contributed by atoms with Crippen LogP contribution in [0.3, 0.4) is 0 Å². The van der Waals surface area contributed by atoms with E-state index in [1.807, 2.05) is 0 Å². The zero-order valence-corrected chi connectivity index (χ0v) is 8.38. The standard InChI is InChI=1S/Ag.Na.H3O4P.H2O.H/c;;1-5(2,3)4;;/h;;(H3,1,2,3,4);1H2;/q;+1;;;-1. The average Bonchev–Trinajstić information content (AvgIpc) is 0.722. The minimum absolute atomic E-state index is 0. The molecule has 53 valence electrons. The van der Waals surface area contributed by atoms with Crippen molar-refractivity contribution in [2.75, 3.05) is 0 Å². The number of hydrogen-bond acceptors (Lipinski definition) is 1. The molecule has 0 amide bonds. The maximum absolute atomic E-state index is 8.88. The summed E-state index contributed by atoms with van der Waals surface area (Å²) in [4.78, 5) is 21.6. The van der Waals surface area contributed by atoms with Crippen LogP contribution in [0.2, 0.25) is 0 Å². The monoisotopic (exact) mass is 247 g/mol. The topological polar surface area (TPSA) is 109 Å². The first-order valence-electron chi connectivity index (χ1n) is 0.783. The van der Waals surface area contributed by atoms with Crippen LogP contribution in [0.1, 0.15) is 1.43 Å². The quantitative estimate of drug-likeness (QED) is 0.296. The van der Waals surface area contributed by atoms with Gasteiger partial charge in [-0.15, -0.1) is 0 Å². The molecule has 0 atom stereocenters. The summed E-state index contributed by atoms with van der Waals surface area (Å²) in [5, 5.41) is 0. The second-order valence-electron chi connectivity index (χ2n) is 0.513. The molecule has 0 saturated heterocycles. The van der Waals surface area contributed by atoms with Gasteiger partial charge in [-0.05, 0) is 0 Å². The number of hydrogen-bond donors (Lipinski definition) is 3. The third kappa shape index (κ3) is 111. The first kappa shape index (κ1) is 22.6. The Morgan fingerprint density at radius 2 is 1.25 bits per heavy atom. The van der Waals surface area contributed by atoms with Gasteiger partial charge in [-0.2, -0.15) is 0 Å². The molecule has 0 spiro atoms. The summed E-state index contributed by atoms with van der Waals surface area (Å²) in [5.41, 5.74) is 0. The van der Waals surface area contributed by atoms with E-state index in [1.54, 1.807) is 0 Å². The molecule has 0 saturated carbocycles. The van der Waals surface area contributed by atoms with Crippen LogP contribution in [-0.2, 0) is 26.9 Å². The molecule has 0 rings (SSSR count). The van der Waals surface area contributed by atoms with Crippen molar-refractivity contribution >= 4 is 7.82 Å². The Morgan fingerprint density at radius 3 is 1.25 bits per heavy atom. The van der Waals surface area contributed by atoms with Gasteiger partial charge in [0.15, 0.2) is 0 Å². The van der Waals surface area contributed by atoms with Crippen LogP contribution in [0.5, 0.6) is 0 Å². The van der Waals surface area contributed by atoms with Crippen LogP contribution in [0.15, 0.2) is 0 Å². The molecule has 0 aliphatic heterocycles. The van der Waals surface area contributed by atoms with Crippen molar-refractivity contribution in [2.45, 2.75) is 0 Å². The van der Waals surface area contributed by atoms with Crippen LogP contribution >= 0.6 is 7.82 Å². The molecule has 1 radical (unpaired) electrons. The maximum atomic E-state index is 8.88. The Morgan fingerprint density at radius 1 is 1.25 bits per heavy atom. The van der Waals surface area contributed by atoms with Crippen LogP contribution in [0.25, 0.3) is 0 Å². The Bertz CT molecular complexity index is 63.1. The zero-order chi connectivity index (χ0) is 4.50. The van der Waals surface area contributed by atoms with Gasteiger partial charge < -0.3 is 21.6 Å². The molecule has 0 heterocycles. The molecule has 8 heavy (non-hydrogen) atoms. The molecule has 0 fully saturated rings. The predicted octanol–water partition coefficient (Wildman–Crippen LogP) is -4.64. The van der Waals surface area contributed by atoms with Crippen LogP contribution in [0.4, 0.5) is 0 Å². The first-order chi connectivity index (χ1) is 2.00. The van der Waals surface area contributed by atoms with Crippen molar-refractivity contribution in [1.82, 2.24) is 0 Å². The predicted molar refractivity (Wildman–Crippen MR) is 19.0 cm³/mol. The van der Waals surface area contributed by atoms with Crippen molar-refractivity contribution in [1.29, 1.82) is 0 Å². The van der Waals surface area contributed by atoms with E-state index >= 15 is 0 Å². The maximum Gasteiger partial charge on any atom is 1.00 e. The molecular formula is H6AgNaO5P. The summed E-state index contributed by atoms with van der Waals surface area (Å²) in [6.07, 6.45) is 0. The Labute approximate surface area is 85.3 Å². The molecule has 0 aliphatic rings. The largest absolute Gasteiger partial charge is 1.00 e. The van der Waals surface area contributed by atoms with E-state index in [4.69, 9.17) is 19.2 Å². The van der Waals surface area contributed by atoms with Gasteiger partial charge in [0.1, 0.15) is 0 Å². The zero-order valence-electron chi connectivity index (χ0n) is 5.00. The van der Waals surface area contributed by atoms with Crippen molar-refractivity contribution in [3.8, 4) is 0 Å². The summed E-state index contributed by atoms with van der Waals surface area (Å²) < 4.78 is 8.88. The summed E-state index contributed by atoms with van der Waals surface area (Å²) in [5.74, 6) is 0. The number of phosphoric acid groups is 1. The molecule has 0 aliphatic carbocycles. The van der Waals surface area contributed by atoms with Gasteiger partial charge in [-0.25, -0.2) is 4.57 Å². The first-order valence-corrected chi connectivity index (χ1v) is 2.35. The fourth-order valence-corrected chi connectivity index (χ4v) is 0. The molecule has 5 nitrogen and oxygen atoms in total. The molecule has 0 bridgehead atoms. The van der Waals surface area contributed by atoms with Gasteiger partial charge in [-0.3, -0.25) is 0 Å². The van der Waals surface area contributed by atoms with Gasteiger partial charge >= 0.3 is 37.4 Å². The van der Waals surface area contributed by atoms with E-state index in [0.717, 1.165) is 0 Å². The summed E-state index contributed by atoms with van der Waals surface area (Å²) in [6, 6.07) is 0. The van der Waals surface area contributed by atoms with E-state index in [0.29, 0.717) is 0 Å². The third-order valence-corrected chi connectivity index (χ3v) is 0. The fourth-order valence-electron chi connectivity index (χ4n) is 0. The molecular weight excluding hydrogens is 242 g/mol. The van der Waals surface area contributed by atoms with E-state index in [9.17, 15) is 0 Å². The SMILES string of the molecule is O.O=P(O)(O)O.[Ag].[H-].[Na+]. The second-order valence-corrected chi connectivity index (χ2v) is 1.54. The number of rotatable bonds is 0. The van der Waals surface area contributed by atoms with Crippen molar-refractivity contribution in [3.63, 3.8) is 0 Å². The van der Waals surface area contributed by atoms with E-state index in [-0.39, 0.29) is 58.8 Å².